The molecule has 136 valence electrons. The van der Waals surface area contributed by atoms with Crippen molar-refractivity contribution in [3.05, 3.63) is 59.1 Å². The lowest BCUT2D eigenvalue weighted by molar-refractivity contribution is -0.125. The van der Waals surface area contributed by atoms with Crippen LogP contribution in [0, 0.1) is 18.8 Å². The van der Waals surface area contributed by atoms with E-state index in [0.717, 1.165) is 42.6 Å². The molecule has 2 N–H and O–H groups in total. The number of hydrogen-bond acceptors (Lipinski definition) is 2. The van der Waals surface area contributed by atoms with E-state index in [-0.39, 0.29) is 23.7 Å². The average molecular weight is 371 g/mol. The third-order valence-electron chi connectivity index (χ3n) is 4.95. The van der Waals surface area contributed by atoms with Gasteiger partial charge in [-0.15, -0.1) is 0 Å². The van der Waals surface area contributed by atoms with E-state index in [4.69, 9.17) is 11.6 Å². The summed E-state index contributed by atoms with van der Waals surface area (Å²) >= 11 is 6.11. The van der Waals surface area contributed by atoms with Gasteiger partial charge in [0, 0.05) is 28.2 Å². The second kappa shape index (κ2) is 8.37. The maximum Gasteiger partial charge on any atom is 0.227 e. The third kappa shape index (κ3) is 4.64. The van der Waals surface area contributed by atoms with E-state index >= 15 is 0 Å². The molecule has 0 unspecified atom stereocenters. The van der Waals surface area contributed by atoms with Gasteiger partial charge in [-0.1, -0.05) is 35.9 Å². The molecule has 2 aromatic rings. The van der Waals surface area contributed by atoms with E-state index in [2.05, 4.69) is 10.6 Å². The second-order valence-electron chi connectivity index (χ2n) is 6.86. The molecule has 0 aliphatic heterocycles. The highest BCUT2D eigenvalue weighted by Crippen LogP contribution is 2.31. The Bertz CT molecular complexity index is 784. The summed E-state index contributed by atoms with van der Waals surface area (Å²) in [5.41, 5.74) is 2.51. The number of carbonyl (C=O) groups excluding carboxylic acids is 2. The maximum atomic E-state index is 12.5. The predicted molar refractivity (Wildman–Crippen MR) is 105 cm³/mol. The quantitative estimate of drug-likeness (QED) is 0.792. The Morgan fingerprint density at radius 1 is 0.846 bits per heavy atom. The first-order chi connectivity index (χ1) is 12.5. The smallest absolute Gasteiger partial charge is 0.227 e. The molecule has 0 radical (unpaired) electrons. The van der Waals surface area contributed by atoms with Crippen LogP contribution in [-0.4, -0.2) is 11.8 Å². The van der Waals surface area contributed by atoms with Gasteiger partial charge in [0.1, 0.15) is 0 Å². The van der Waals surface area contributed by atoms with Crippen molar-refractivity contribution >= 4 is 34.8 Å². The lowest BCUT2D eigenvalue weighted by Gasteiger charge is -2.27. The monoisotopic (exact) mass is 370 g/mol. The number of carbonyl (C=O) groups is 2. The van der Waals surface area contributed by atoms with Crippen molar-refractivity contribution in [3.63, 3.8) is 0 Å². The van der Waals surface area contributed by atoms with Gasteiger partial charge in [-0.2, -0.15) is 0 Å². The van der Waals surface area contributed by atoms with Crippen molar-refractivity contribution in [2.24, 2.45) is 11.8 Å². The molecule has 4 nitrogen and oxygen atoms in total. The fourth-order valence-corrected chi connectivity index (χ4v) is 3.48. The Morgan fingerprint density at radius 2 is 1.38 bits per heavy atom. The fourth-order valence-electron chi connectivity index (χ4n) is 3.30. The van der Waals surface area contributed by atoms with Crippen LogP contribution in [0.1, 0.15) is 31.2 Å². The summed E-state index contributed by atoms with van der Waals surface area (Å²) in [6.45, 7) is 1.93. The minimum Gasteiger partial charge on any atom is -0.326 e. The normalized spacial score (nSPS) is 19.6. The Labute approximate surface area is 158 Å². The van der Waals surface area contributed by atoms with Crippen molar-refractivity contribution in [1.29, 1.82) is 0 Å². The van der Waals surface area contributed by atoms with E-state index in [1.54, 1.807) is 6.07 Å². The molecule has 26 heavy (non-hydrogen) atoms. The highest BCUT2D eigenvalue weighted by Gasteiger charge is 2.30. The zero-order valence-electron chi connectivity index (χ0n) is 14.8. The molecule has 0 saturated heterocycles. The third-order valence-corrected chi connectivity index (χ3v) is 5.36. The van der Waals surface area contributed by atoms with Gasteiger partial charge >= 0.3 is 0 Å². The Morgan fingerprint density at radius 3 is 1.92 bits per heavy atom. The number of aryl methyl sites for hydroxylation is 1. The average Bonchev–Trinajstić information content (AvgIpc) is 2.65. The highest BCUT2D eigenvalue weighted by atomic mass is 35.5. The minimum atomic E-state index is -0.0594. The van der Waals surface area contributed by atoms with Gasteiger partial charge in [0.05, 0.1) is 0 Å². The van der Waals surface area contributed by atoms with Crippen LogP contribution in [0.15, 0.2) is 48.5 Å². The largest absolute Gasteiger partial charge is 0.326 e. The number of nitrogens with one attached hydrogen (secondary N) is 2. The van der Waals surface area contributed by atoms with Crippen molar-refractivity contribution in [3.8, 4) is 0 Å². The van der Waals surface area contributed by atoms with E-state index in [0.29, 0.717) is 5.02 Å². The summed E-state index contributed by atoms with van der Waals surface area (Å²) < 4.78 is 0. The fraction of sp³-hybridized carbons (Fsp3) is 0.333. The van der Waals surface area contributed by atoms with Crippen LogP contribution in [0.2, 0.25) is 5.02 Å². The minimum absolute atomic E-state index is 0.00633. The number of rotatable bonds is 4. The molecule has 0 bridgehead atoms. The summed E-state index contributed by atoms with van der Waals surface area (Å²) in [5.74, 6) is -0.0452. The molecule has 2 amide bonds. The van der Waals surface area contributed by atoms with E-state index in [1.165, 1.54) is 0 Å². The number of amides is 2. The Kier molecular flexibility index (Phi) is 5.94. The van der Waals surface area contributed by atoms with Gasteiger partial charge in [0.2, 0.25) is 11.8 Å². The van der Waals surface area contributed by atoms with Gasteiger partial charge in [-0.05, 0) is 62.4 Å². The molecule has 3 rings (SSSR count). The van der Waals surface area contributed by atoms with Gasteiger partial charge in [-0.3, -0.25) is 9.59 Å². The predicted octanol–water partition coefficient (Wildman–Crippen LogP) is 5.03. The van der Waals surface area contributed by atoms with Crippen molar-refractivity contribution < 1.29 is 9.59 Å². The molecule has 0 spiro atoms. The zero-order valence-corrected chi connectivity index (χ0v) is 15.6. The summed E-state index contributed by atoms with van der Waals surface area (Å²) in [4.78, 5) is 24.9. The van der Waals surface area contributed by atoms with Crippen LogP contribution < -0.4 is 10.6 Å². The van der Waals surface area contributed by atoms with Crippen LogP contribution in [0.5, 0.6) is 0 Å². The van der Waals surface area contributed by atoms with Crippen LogP contribution in [-0.2, 0) is 9.59 Å². The number of halogens is 1. The Balaban J connectivity index is 1.50. The first-order valence-electron chi connectivity index (χ1n) is 8.96. The molecule has 1 fully saturated rings. The molecule has 1 aliphatic carbocycles. The van der Waals surface area contributed by atoms with Gasteiger partial charge < -0.3 is 10.6 Å². The SMILES string of the molecule is Cc1ccc(NC(=O)C2CCC(C(=O)Nc3ccccc3)CC2)cc1Cl. The summed E-state index contributed by atoms with van der Waals surface area (Å²) in [5, 5.41) is 6.54. The number of benzene rings is 2. The van der Waals surface area contributed by atoms with Crippen LogP contribution >= 0.6 is 11.6 Å². The Hall–Kier alpha value is -2.33. The standard InChI is InChI=1S/C21H23ClN2O2/c1-14-7-12-18(13-19(14)22)24-21(26)16-10-8-15(9-11-16)20(25)23-17-5-3-2-4-6-17/h2-7,12-13,15-16H,8-11H2,1H3,(H,23,25)(H,24,26). The van der Waals surface area contributed by atoms with E-state index < -0.39 is 0 Å². The highest BCUT2D eigenvalue weighted by molar-refractivity contribution is 6.31. The van der Waals surface area contributed by atoms with Crippen molar-refractivity contribution in [1.82, 2.24) is 0 Å². The molecule has 2 aromatic carbocycles. The first-order valence-corrected chi connectivity index (χ1v) is 9.33. The number of hydrogen-bond donors (Lipinski definition) is 2. The lowest BCUT2D eigenvalue weighted by atomic mass is 9.81. The van der Waals surface area contributed by atoms with Crippen molar-refractivity contribution in [2.75, 3.05) is 10.6 Å². The molecule has 1 saturated carbocycles. The lowest BCUT2D eigenvalue weighted by Crippen LogP contribution is -2.32. The molecule has 1 aliphatic rings. The summed E-state index contributed by atoms with van der Waals surface area (Å²) in [7, 11) is 0. The molecule has 0 aromatic heterocycles. The van der Waals surface area contributed by atoms with E-state index in [1.807, 2.05) is 49.4 Å². The summed E-state index contributed by atoms with van der Waals surface area (Å²) in [6, 6.07) is 15.0. The van der Waals surface area contributed by atoms with Gasteiger partial charge in [0.25, 0.3) is 0 Å². The second-order valence-corrected chi connectivity index (χ2v) is 7.26. The van der Waals surface area contributed by atoms with Gasteiger partial charge in [-0.25, -0.2) is 0 Å². The number of para-hydroxylation sites is 1. The first kappa shape index (κ1) is 18.5. The summed E-state index contributed by atoms with van der Waals surface area (Å²) in [6.07, 6.45) is 2.90. The number of anilines is 2. The molecular weight excluding hydrogens is 348 g/mol. The van der Waals surface area contributed by atoms with Crippen LogP contribution in [0.4, 0.5) is 11.4 Å². The zero-order chi connectivity index (χ0) is 18.5. The van der Waals surface area contributed by atoms with Gasteiger partial charge in [0.15, 0.2) is 0 Å². The maximum absolute atomic E-state index is 12.5. The molecule has 5 heteroatoms. The van der Waals surface area contributed by atoms with Crippen molar-refractivity contribution in [2.45, 2.75) is 32.6 Å². The molecule has 0 heterocycles. The topological polar surface area (TPSA) is 58.2 Å². The van der Waals surface area contributed by atoms with Crippen LogP contribution in [0.25, 0.3) is 0 Å². The van der Waals surface area contributed by atoms with Crippen LogP contribution in [0.3, 0.4) is 0 Å². The van der Waals surface area contributed by atoms with E-state index in [9.17, 15) is 9.59 Å². The molecule has 0 atom stereocenters. The molecular formula is C21H23ClN2O2.